The molecule has 0 amide bonds. The predicted octanol–water partition coefficient (Wildman–Crippen LogP) is 36.0. The summed E-state index contributed by atoms with van der Waals surface area (Å²) in [5, 5.41) is 20.2. The van der Waals surface area contributed by atoms with Crippen molar-refractivity contribution in [2.24, 2.45) is 0 Å². The number of hydrogen-bond acceptors (Lipinski definition) is 0. The predicted molar refractivity (Wildman–Crippen MR) is 593 cm³/mol. The van der Waals surface area contributed by atoms with Gasteiger partial charge >= 0.3 is 0 Å². The number of para-hydroxylation sites is 9. The van der Waals surface area contributed by atoms with Crippen LogP contribution in [0.3, 0.4) is 0 Å². The van der Waals surface area contributed by atoms with E-state index in [4.69, 9.17) is 0 Å². The average Bonchev–Trinajstić information content (AvgIpc) is 1.60. The molecule has 6 nitrogen and oxygen atoms in total. The van der Waals surface area contributed by atoms with Crippen molar-refractivity contribution in [3.05, 3.63) is 534 Å². The van der Waals surface area contributed by atoms with E-state index in [1.165, 1.54) is 253 Å². The van der Waals surface area contributed by atoms with Crippen LogP contribution in [-0.2, 0) is 0 Å². The SMILES string of the molecule is c1ccc(-c2cccc(-n3c4ccccc4c4cc(-c5ccc(-n6c7ccccc7c7ccccc76)cc5)ccc43)c2)cc1.c1ccc(-n2c3ccccc3c3cc(-c4ccc(-c5ccc6c(c5)c5ccccc5n6-c5ccc6ccccc6c5)cc4)ccc32)cc1.c1ccc(-n2c3ccccc3c3cc(-c4ccc(-c5ccc6c(c5)c5ccccc5n6-c5ccc6ccccc6c5)cc4)ccc32)cc1. The largest absolute Gasteiger partial charge is 0.309 e. The van der Waals surface area contributed by atoms with Crippen LogP contribution < -0.4 is 0 Å². The van der Waals surface area contributed by atoms with Crippen LogP contribution in [0.25, 0.3) is 253 Å². The molecular formula is C134H88N6. The zero-order chi connectivity index (χ0) is 92.2. The van der Waals surface area contributed by atoms with Gasteiger partial charge in [-0.3, -0.25) is 0 Å². The molecule has 0 fully saturated rings. The molecule has 0 radical (unpaired) electrons. The molecule has 6 aromatic heterocycles. The first kappa shape index (κ1) is 81.0. The normalized spacial score (nSPS) is 11.7. The number of nitrogens with zero attached hydrogens (tertiary/aromatic N) is 6. The second-order valence-corrected chi connectivity index (χ2v) is 36.6. The van der Waals surface area contributed by atoms with Crippen molar-refractivity contribution < 1.29 is 0 Å². The Balaban J connectivity index is 0.000000106. The number of fused-ring (bicyclic) bond motifs is 20. The van der Waals surface area contributed by atoms with Gasteiger partial charge < -0.3 is 27.4 Å². The first-order valence-corrected chi connectivity index (χ1v) is 48.2. The van der Waals surface area contributed by atoms with Crippen LogP contribution >= 0.6 is 0 Å². The van der Waals surface area contributed by atoms with Crippen molar-refractivity contribution in [3.8, 4) is 101 Å². The van der Waals surface area contributed by atoms with Crippen molar-refractivity contribution in [1.82, 2.24) is 27.4 Å². The molecule has 0 aliphatic rings. The lowest BCUT2D eigenvalue weighted by Gasteiger charge is -2.11. The average molecular weight is 1780 g/mol. The van der Waals surface area contributed by atoms with Gasteiger partial charge in [-0.15, -0.1) is 0 Å². The van der Waals surface area contributed by atoms with E-state index in [1.54, 1.807) is 0 Å². The van der Waals surface area contributed by atoms with Crippen molar-refractivity contribution in [3.63, 3.8) is 0 Å². The smallest absolute Gasteiger partial charge is 0.0541 e. The van der Waals surface area contributed by atoms with Crippen molar-refractivity contribution in [2.75, 3.05) is 0 Å². The van der Waals surface area contributed by atoms with Gasteiger partial charge in [-0.05, 0) is 264 Å². The molecule has 0 aliphatic carbocycles. The monoisotopic (exact) mass is 1780 g/mol. The number of benzene rings is 23. The van der Waals surface area contributed by atoms with E-state index in [0.717, 1.165) is 0 Å². The molecule has 0 spiro atoms. The molecular weight excluding hydrogens is 1690 g/mol. The molecule has 654 valence electrons. The van der Waals surface area contributed by atoms with Crippen molar-refractivity contribution >= 4 is 152 Å². The molecule has 23 aromatic carbocycles. The molecule has 0 saturated heterocycles. The maximum Gasteiger partial charge on any atom is 0.0541 e. The summed E-state index contributed by atoms with van der Waals surface area (Å²) < 4.78 is 14.3. The number of hydrogen-bond donors (Lipinski definition) is 0. The third-order valence-electron chi connectivity index (χ3n) is 28.7. The number of aromatic nitrogens is 6. The number of rotatable bonds is 12. The van der Waals surface area contributed by atoms with Gasteiger partial charge in [-0.1, -0.05) is 358 Å². The van der Waals surface area contributed by atoms with Crippen molar-refractivity contribution in [1.29, 1.82) is 0 Å². The third kappa shape index (κ3) is 13.9. The Morgan fingerprint density at radius 3 is 0.564 bits per heavy atom. The summed E-state index contributed by atoms with van der Waals surface area (Å²) >= 11 is 0. The van der Waals surface area contributed by atoms with Gasteiger partial charge in [0.2, 0.25) is 0 Å². The summed E-state index contributed by atoms with van der Waals surface area (Å²) in [5.74, 6) is 0. The summed E-state index contributed by atoms with van der Waals surface area (Å²) in [5.41, 5.74) is 36.3. The molecule has 0 unspecified atom stereocenters. The highest BCUT2D eigenvalue weighted by Crippen LogP contribution is 2.45. The van der Waals surface area contributed by atoms with Crippen LogP contribution in [0.15, 0.2) is 534 Å². The first-order valence-electron chi connectivity index (χ1n) is 48.2. The van der Waals surface area contributed by atoms with E-state index in [1.807, 2.05) is 0 Å². The quantitative estimate of drug-likeness (QED) is 0.117. The van der Waals surface area contributed by atoms with E-state index in [2.05, 4.69) is 561 Å². The van der Waals surface area contributed by atoms with E-state index >= 15 is 0 Å². The Kier molecular flexibility index (Phi) is 19.5. The Morgan fingerprint density at radius 2 is 0.264 bits per heavy atom. The fraction of sp³-hybridized carbons (Fsp3) is 0. The maximum atomic E-state index is 2.40. The summed E-state index contributed by atoms with van der Waals surface area (Å²) in [6, 6.07) is 194. The van der Waals surface area contributed by atoms with Crippen LogP contribution in [0.5, 0.6) is 0 Å². The molecule has 6 heterocycles. The summed E-state index contributed by atoms with van der Waals surface area (Å²) in [4.78, 5) is 0. The molecule has 6 heteroatoms. The highest BCUT2D eigenvalue weighted by Gasteiger charge is 2.23. The lowest BCUT2D eigenvalue weighted by atomic mass is 9.98. The van der Waals surface area contributed by atoms with Crippen LogP contribution in [-0.4, -0.2) is 27.4 Å². The molecule has 29 aromatic rings. The van der Waals surface area contributed by atoms with Gasteiger partial charge in [-0.25, -0.2) is 0 Å². The minimum atomic E-state index is 1.17. The Morgan fingerprint density at radius 1 is 0.0857 bits per heavy atom. The Bertz CT molecular complexity index is 9470. The van der Waals surface area contributed by atoms with Gasteiger partial charge in [0.05, 0.1) is 66.2 Å². The second kappa shape index (κ2) is 33.8. The summed E-state index contributed by atoms with van der Waals surface area (Å²) in [6.07, 6.45) is 0. The van der Waals surface area contributed by atoms with Gasteiger partial charge in [0, 0.05) is 98.8 Å². The molecule has 0 aliphatic heterocycles. The fourth-order valence-electron chi connectivity index (χ4n) is 22.1. The van der Waals surface area contributed by atoms with Gasteiger partial charge in [0.15, 0.2) is 0 Å². The topological polar surface area (TPSA) is 29.6 Å². The lowest BCUT2D eigenvalue weighted by molar-refractivity contribution is 1.18. The van der Waals surface area contributed by atoms with Gasteiger partial charge in [-0.2, -0.15) is 0 Å². The lowest BCUT2D eigenvalue weighted by Crippen LogP contribution is -1.94. The maximum absolute atomic E-state index is 2.40. The Labute approximate surface area is 808 Å². The summed E-state index contributed by atoms with van der Waals surface area (Å²) in [7, 11) is 0. The molecule has 0 bridgehead atoms. The molecule has 0 N–H and O–H groups in total. The van der Waals surface area contributed by atoms with Crippen LogP contribution in [0.2, 0.25) is 0 Å². The minimum Gasteiger partial charge on any atom is -0.309 e. The van der Waals surface area contributed by atoms with Crippen LogP contribution in [0, 0.1) is 0 Å². The fourth-order valence-corrected chi connectivity index (χ4v) is 22.1. The first-order chi connectivity index (χ1) is 69.4. The van der Waals surface area contributed by atoms with E-state index in [0.29, 0.717) is 0 Å². The highest BCUT2D eigenvalue weighted by molar-refractivity contribution is 6.17. The molecule has 140 heavy (non-hydrogen) atoms. The zero-order valence-electron chi connectivity index (χ0n) is 76.5. The van der Waals surface area contributed by atoms with Gasteiger partial charge in [0.25, 0.3) is 0 Å². The van der Waals surface area contributed by atoms with Crippen molar-refractivity contribution in [2.45, 2.75) is 0 Å². The van der Waals surface area contributed by atoms with Crippen LogP contribution in [0.4, 0.5) is 0 Å². The minimum absolute atomic E-state index is 1.17. The second-order valence-electron chi connectivity index (χ2n) is 36.6. The molecule has 0 saturated carbocycles. The molecule has 0 atom stereocenters. The summed E-state index contributed by atoms with van der Waals surface area (Å²) in [6.45, 7) is 0. The zero-order valence-corrected chi connectivity index (χ0v) is 76.5. The highest BCUT2D eigenvalue weighted by atomic mass is 15.0. The van der Waals surface area contributed by atoms with E-state index in [9.17, 15) is 0 Å². The third-order valence-corrected chi connectivity index (χ3v) is 28.7. The molecule has 29 rings (SSSR count). The Hall–Kier alpha value is -18.6. The van der Waals surface area contributed by atoms with E-state index in [-0.39, 0.29) is 0 Å². The van der Waals surface area contributed by atoms with Gasteiger partial charge in [0.1, 0.15) is 0 Å². The van der Waals surface area contributed by atoms with E-state index < -0.39 is 0 Å². The standard InChI is InChI=1S/2C46H30N2.C42H28N2/c2*1-2-12-37(13-3-1)47-43-16-8-6-14-39(43)41-29-35(23-26-45(41)47)32-18-20-33(21-19-32)36-24-27-46-42(30-36)40-15-7-9-17-44(40)48(46)38-25-22-31-10-4-5-11-34(31)28-38;1-2-11-29(12-3-1)31-13-10-14-34(27-31)44-41-20-9-6-17-37(41)38-28-32(23-26-42(38)44)30-21-24-33(25-22-30)43-39-18-7-4-15-35(39)36-16-5-8-19-40(36)43/h2*1-30H;1-28H. The van der Waals surface area contributed by atoms with Crippen LogP contribution in [0.1, 0.15) is 0 Å².